The van der Waals surface area contributed by atoms with Crippen LogP contribution >= 0.6 is 0 Å². The molecule has 0 aliphatic carbocycles. The van der Waals surface area contributed by atoms with Gasteiger partial charge in [-0.05, 0) is 30.0 Å². The second-order valence-electron chi connectivity index (χ2n) is 6.62. The third-order valence-electron chi connectivity index (χ3n) is 4.65. The van der Waals surface area contributed by atoms with E-state index in [1.807, 2.05) is 49.4 Å². The first-order valence-corrected chi connectivity index (χ1v) is 9.11. The molecule has 0 saturated carbocycles. The van der Waals surface area contributed by atoms with Gasteiger partial charge >= 0.3 is 5.69 Å². The molecule has 136 valence electrons. The SMILES string of the molecule is CCCn1c(=O)n(CC(=O)NC[C@@H](C)c2ccccc2)c2ccccc21. The lowest BCUT2D eigenvalue weighted by Gasteiger charge is -2.13. The summed E-state index contributed by atoms with van der Waals surface area (Å²) in [5, 5.41) is 2.95. The number of nitrogens with zero attached hydrogens (tertiary/aromatic N) is 2. The number of benzene rings is 2. The van der Waals surface area contributed by atoms with E-state index in [1.165, 1.54) is 5.56 Å². The van der Waals surface area contributed by atoms with E-state index in [2.05, 4.69) is 24.4 Å². The lowest BCUT2D eigenvalue weighted by atomic mass is 10.0. The molecule has 5 heteroatoms. The highest BCUT2D eigenvalue weighted by Gasteiger charge is 2.15. The molecule has 3 rings (SSSR count). The lowest BCUT2D eigenvalue weighted by molar-refractivity contribution is -0.121. The average Bonchev–Trinajstić information content (AvgIpc) is 2.93. The molecule has 1 N–H and O–H groups in total. The molecule has 1 heterocycles. The van der Waals surface area contributed by atoms with E-state index in [-0.39, 0.29) is 24.1 Å². The Balaban J connectivity index is 1.73. The Morgan fingerprint density at radius 2 is 1.62 bits per heavy atom. The van der Waals surface area contributed by atoms with Gasteiger partial charge in [0.2, 0.25) is 5.91 Å². The van der Waals surface area contributed by atoms with Crippen molar-refractivity contribution in [2.45, 2.75) is 39.3 Å². The van der Waals surface area contributed by atoms with E-state index in [4.69, 9.17) is 0 Å². The fourth-order valence-corrected chi connectivity index (χ4v) is 3.23. The van der Waals surface area contributed by atoms with E-state index < -0.39 is 0 Å². The number of nitrogens with one attached hydrogen (secondary N) is 1. The maximum absolute atomic E-state index is 12.7. The molecule has 0 fully saturated rings. The molecule has 5 nitrogen and oxygen atoms in total. The van der Waals surface area contributed by atoms with Crippen LogP contribution in [0.25, 0.3) is 11.0 Å². The van der Waals surface area contributed by atoms with E-state index >= 15 is 0 Å². The average molecular weight is 351 g/mol. The van der Waals surface area contributed by atoms with Gasteiger partial charge in [-0.2, -0.15) is 0 Å². The lowest BCUT2D eigenvalue weighted by Crippen LogP contribution is -2.34. The number of aromatic nitrogens is 2. The van der Waals surface area contributed by atoms with Crippen molar-refractivity contribution < 1.29 is 4.79 Å². The van der Waals surface area contributed by atoms with Crippen LogP contribution in [0.1, 0.15) is 31.7 Å². The Hall–Kier alpha value is -2.82. The summed E-state index contributed by atoms with van der Waals surface area (Å²) in [7, 11) is 0. The van der Waals surface area contributed by atoms with Crippen LogP contribution in [0.5, 0.6) is 0 Å². The Bertz CT molecular complexity index is 941. The molecule has 1 aromatic heterocycles. The van der Waals surface area contributed by atoms with E-state index in [1.54, 1.807) is 9.13 Å². The summed E-state index contributed by atoms with van der Waals surface area (Å²) in [4.78, 5) is 25.2. The fraction of sp³-hybridized carbons (Fsp3) is 0.333. The monoisotopic (exact) mass is 351 g/mol. The second kappa shape index (κ2) is 8.04. The van der Waals surface area contributed by atoms with Crippen molar-refractivity contribution in [1.82, 2.24) is 14.5 Å². The van der Waals surface area contributed by atoms with Crippen LogP contribution in [0.2, 0.25) is 0 Å². The summed E-state index contributed by atoms with van der Waals surface area (Å²) in [6.45, 7) is 5.35. The molecule has 1 atom stereocenters. The minimum absolute atomic E-state index is 0.0393. The Kier molecular flexibility index (Phi) is 5.56. The highest BCUT2D eigenvalue weighted by atomic mass is 16.2. The number of fused-ring (bicyclic) bond motifs is 1. The molecule has 1 amide bonds. The number of aryl methyl sites for hydroxylation is 1. The number of hydrogen-bond acceptors (Lipinski definition) is 2. The van der Waals surface area contributed by atoms with Crippen LogP contribution in [0.4, 0.5) is 0 Å². The summed E-state index contributed by atoms with van der Waals surface area (Å²) in [5.41, 5.74) is 2.74. The molecule has 3 aromatic rings. The maximum Gasteiger partial charge on any atom is 0.329 e. The molecule has 0 aliphatic rings. The smallest absolute Gasteiger partial charge is 0.329 e. The first-order chi connectivity index (χ1) is 12.6. The van der Waals surface area contributed by atoms with Gasteiger partial charge in [0.15, 0.2) is 0 Å². The van der Waals surface area contributed by atoms with Crippen LogP contribution in [-0.4, -0.2) is 21.6 Å². The van der Waals surface area contributed by atoms with Crippen LogP contribution in [0.15, 0.2) is 59.4 Å². The van der Waals surface area contributed by atoms with Gasteiger partial charge in [0, 0.05) is 13.1 Å². The third kappa shape index (κ3) is 3.72. The Morgan fingerprint density at radius 3 is 2.27 bits per heavy atom. The molecule has 0 unspecified atom stereocenters. The summed E-state index contributed by atoms with van der Waals surface area (Å²) in [6, 6.07) is 17.7. The van der Waals surface area contributed by atoms with Gasteiger partial charge in [-0.3, -0.25) is 13.9 Å². The molecule has 26 heavy (non-hydrogen) atoms. The zero-order valence-corrected chi connectivity index (χ0v) is 15.3. The maximum atomic E-state index is 12.7. The number of carbonyl (C=O) groups is 1. The van der Waals surface area contributed by atoms with Gasteiger partial charge in [0.1, 0.15) is 6.54 Å². The minimum atomic E-state index is -0.144. The molecule has 2 aromatic carbocycles. The number of carbonyl (C=O) groups excluding carboxylic acids is 1. The van der Waals surface area contributed by atoms with Crippen molar-refractivity contribution in [3.05, 3.63) is 70.6 Å². The van der Waals surface area contributed by atoms with Gasteiger partial charge < -0.3 is 5.32 Å². The Morgan fingerprint density at radius 1 is 1.00 bits per heavy atom. The molecule has 0 bridgehead atoms. The highest BCUT2D eigenvalue weighted by Crippen LogP contribution is 2.14. The molecule has 0 radical (unpaired) electrons. The van der Waals surface area contributed by atoms with Crippen LogP contribution < -0.4 is 11.0 Å². The first-order valence-electron chi connectivity index (χ1n) is 9.11. The van der Waals surface area contributed by atoms with Crippen molar-refractivity contribution in [3.63, 3.8) is 0 Å². The quantitative estimate of drug-likeness (QED) is 0.711. The largest absolute Gasteiger partial charge is 0.354 e. The second-order valence-corrected chi connectivity index (χ2v) is 6.62. The predicted molar refractivity (Wildman–Crippen MR) is 104 cm³/mol. The number of para-hydroxylation sites is 2. The highest BCUT2D eigenvalue weighted by molar-refractivity contribution is 5.81. The summed E-state index contributed by atoms with van der Waals surface area (Å²) < 4.78 is 3.31. The van der Waals surface area contributed by atoms with Gasteiger partial charge in [-0.15, -0.1) is 0 Å². The summed E-state index contributed by atoms with van der Waals surface area (Å²) >= 11 is 0. The minimum Gasteiger partial charge on any atom is -0.354 e. The van der Waals surface area contributed by atoms with Gasteiger partial charge in [0.25, 0.3) is 0 Å². The van der Waals surface area contributed by atoms with Crippen LogP contribution in [0.3, 0.4) is 0 Å². The number of amides is 1. The van der Waals surface area contributed by atoms with Crippen LogP contribution in [-0.2, 0) is 17.9 Å². The fourth-order valence-electron chi connectivity index (χ4n) is 3.23. The normalized spacial score (nSPS) is 12.2. The molecular weight excluding hydrogens is 326 g/mol. The number of hydrogen-bond donors (Lipinski definition) is 1. The Labute approximate surface area is 153 Å². The first kappa shape index (κ1) is 18.0. The molecule has 0 aliphatic heterocycles. The topological polar surface area (TPSA) is 56.0 Å². The summed E-state index contributed by atoms with van der Waals surface area (Å²) in [6.07, 6.45) is 0.870. The van der Waals surface area contributed by atoms with Crippen molar-refractivity contribution in [2.75, 3.05) is 6.54 Å². The van der Waals surface area contributed by atoms with E-state index in [0.29, 0.717) is 13.1 Å². The van der Waals surface area contributed by atoms with Crippen molar-refractivity contribution in [1.29, 1.82) is 0 Å². The van der Waals surface area contributed by atoms with Gasteiger partial charge in [-0.25, -0.2) is 4.79 Å². The zero-order valence-electron chi connectivity index (χ0n) is 15.3. The van der Waals surface area contributed by atoms with Crippen molar-refractivity contribution in [3.8, 4) is 0 Å². The summed E-state index contributed by atoms with van der Waals surface area (Å²) in [5.74, 6) is 0.0765. The number of rotatable bonds is 7. The predicted octanol–water partition coefficient (Wildman–Crippen LogP) is 3.13. The molecule has 0 saturated heterocycles. The zero-order chi connectivity index (χ0) is 18.5. The number of imidazole rings is 1. The standard InChI is InChI=1S/C21H25N3O2/c1-3-13-23-18-11-7-8-12-19(18)24(21(23)26)15-20(25)22-14-16(2)17-9-5-4-6-10-17/h4-12,16H,3,13-15H2,1-2H3,(H,22,25)/t16-/m1/s1. The molecular formula is C21H25N3O2. The van der Waals surface area contributed by atoms with Gasteiger partial charge in [0.05, 0.1) is 11.0 Å². The van der Waals surface area contributed by atoms with Crippen molar-refractivity contribution in [2.24, 2.45) is 0 Å². The van der Waals surface area contributed by atoms with Crippen molar-refractivity contribution >= 4 is 16.9 Å². The van der Waals surface area contributed by atoms with E-state index in [0.717, 1.165) is 17.5 Å². The molecule has 0 spiro atoms. The third-order valence-corrected chi connectivity index (χ3v) is 4.65. The van der Waals surface area contributed by atoms with Gasteiger partial charge in [-0.1, -0.05) is 56.3 Å². The van der Waals surface area contributed by atoms with Crippen LogP contribution in [0, 0.1) is 0 Å². The van der Waals surface area contributed by atoms with E-state index in [9.17, 15) is 9.59 Å².